The van der Waals surface area contributed by atoms with Gasteiger partial charge in [0.2, 0.25) is 5.13 Å². The first kappa shape index (κ1) is 15.0. The molecular weight excluding hydrogens is 413 g/mol. The lowest BCUT2D eigenvalue weighted by Crippen LogP contribution is -1.93. The maximum atomic E-state index is 9.81. The van der Waals surface area contributed by atoms with E-state index in [1.54, 1.807) is 23.6 Å². The summed E-state index contributed by atoms with van der Waals surface area (Å²) in [6, 6.07) is 11.5. The normalized spacial score (nSPS) is 11.2. The molecule has 112 valence electrons. The molecule has 3 rings (SSSR count). The Labute approximate surface area is 144 Å². The van der Waals surface area contributed by atoms with Gasteiger partial charge in [-0.25, -0.2) is 4.98 Å². The van der Waals surface area contributed by atoms with E-state index in [1.165, 1.54) is 7.11 Å². The minimum Gasteiger partial charge on any atom is -0.504 e. The summed E-state index contributed by atoms with van der Waals surface area (Å²) in [6.07, 6.45) is 1.66. The molecule has 0 saturated heterocycles. The zero-order valence-corrected chi connectivity index (χ0v) is 14.6. The number of benzene rings is 2. The molecule has 0 unspecified atom stereocenters. The maximum absolute atomic E-state index is 9.81. The van der Waals surface area contributed by atoms with Crippen LogP contribution in [0.3, 0.4) is 0 Å². The fourth-order valence-corrected chi connectivity index (χ4v) is 3.35. The van der Waals surface area contributed by atoms with Gasteiger partial charge >= 0.3 is 0 Å². The van der Waals surface area contributed by atoms with Crippen molar-refractivity contribution in [3.05, 3.63) is 45.5 Å². The van der Waals surface area contributed by atoms with Crippen LogP contribution in [0.5, 0.6) is 11.5 Å². The molecule has 5 nitrogen and oxygen atoms in total. The van der Waals surface area contributed by atoms with Crippen molar-refractivity contribution < 1.29 is 9.84 Å². The first-order valence-electron chi connectivity index (χ1n) is 6.38. The van der Waals surface area contributed by atoms with Crippen LogP contribution in [0.25, 0.3) is 10.2 Å². The molecule has 2 aromatic carbocycles. The van der Waals surface area contributed by atoms with E-state index in [-0.39, 0.29) is 5.75 Å². The molecule has 0 aliphatic carbocycles. The van der Waals surface area contributed by atoms with Gasteiger partial charge in [0.05, 0.1) is 27.1 Å². The SMILES string of the molecule is COc1cc(C=NNc2nc3ccccc3s2)cc(I)c1O. The lowest BCUT2D eigenvalue weighted by Gasteiger charge is -2.06. The molecule has 0 spiro atoms. The summed E-state index contributed by atoms with van der Waals surface area (Å²) < 4.78 is 6.94. The van der Waals surface area contributed by atoms with Crippen molar-refractivity contribution in [1.29, 1.82) is 0 Å². The van der Waals surface area contributed by atoms with Gasteiger partial charge in [-0.2, -0.15) is 5.10 Å². The smallest absolute Gasteiger partial charge is 0.204 e. The van der Waals surface area contributed by atoms with Crippen LogP contribution in [0.15, 0.2) is 41.5 Å². The zero-order chi connectivity index (χ0) is 15.5. The molecule has 0 bridgehead atoms. The molecule has 1 aromatic heterocycles. The van der Waals surface area contributed by atoms with Crippen LogP contribution in [0.2, 0.25) is 0 Å². The average Bonchev–Trinajstić information content (AvgIpc) is 2.93. The first-order chi connectivity index (χ1) is 10.7. The number of methoxy groups -OCH3 is 1. The van der Waals surface area contributed by atoms with E-state index in [2.05, 4.69) is 15.5 Å². The first-order valence-corrected chi connectivity index (χ1v) is 8.28. The number of aromatic hydroxyl groups is 1. The van der Waals surface area contributed by atoms with Crippen LogP contribution >= 0.6 is 33.9 Å². The number of para-hydroxylation sites is 1. The Balaban J connectivity index is 1.78. The second-order valence-corrected chi connectivity index (χ2v) is 6.60. The summed E-state index contributed by atoms with van der Waals surface area (Å²) in [5.74, 6) is 0.563. The second kappa shape index (κ2) is 6.49. The lowest BCUT2D eigenvalue weighted by molar-refractivity contribution is 0.371. The number of anilines is 1. The Kier molecular flexibility index (Phi) is 4.44. The van der Waals surface area contributed by atoms with E-state index in [1.807, 2.05) is 52.9 Å². The molecule has 0 amide bonds. The summed E-state index contributed by atoms with van der Waals surface area (Å²) in [7, 11) is 1.52. The van der Waals surface area contributed by atoms with Gasteiger partial charge in [-0.1, -0.05) is 23.5 Å². The Morgan fingerprint density at radius 2 is 2.18 bits per heavy atom. The van der Waals surface area contributed by atoms with Gasteiger partial charge in [0.1, 0.15) is 0 Å². The van der Waals surface area contributed by atoms with Crippen molar-refractivity contribution in [1.82, 2.24) is 4.98 Å². The van der Waals surface area contributed by atoms with Crippen molar-refractivity contribution >= 4 is 55.5 Å². The number of rotatable bonds is 4. The number of hydrazone groups is 1. The number of aromatic nitrogens is 1. The highest BCUT2D eigenvalue weighted by Crippen LogP contribution is 2.32. The summed E-state index contributed by atoms with van der Waals surface area (Å²) in [5.41, 5.74) is 4.70. The quantitative estimate of drug-likeness (QED) is 0.376. The van der Waals surface area contributed by atoms with Gasteiger partial charge in [0.25, 0.3) is 0 Å². The van der Waals surface area contributed by atoms with E-state index in [0.717, 1.165) is 20.9 Å². The van der Waals surface area contributed by atoms with Crippen molar-refractivity contribution in [3.63, 3.8) is 0 Å². The Morgan fingerprint density at radius 1 is 1.36 bits per heavy atom. The highest BCUT2D eigenvalue weighted by molar-refractivity contribution is 14.1. The van der Waals surface area contributed by atoms with Gasteiger partial charge in [-0.15, -0.1) is 0 Å². The Morgan fingerprint density at radius 3 is 2.95 bits per heavy atom. The second-order valence-electron chi connectivity index (χ2n) is 4.41. The van der Waals surface area contributed by atoms with Gasteiger partial charge in [-0.05, 0) is 52.4 Å². The van der Waals surface area contributed by atoms with E-state index in [4.69, 9.17) is 4.74 Å². The third kappa shape index (κ3) is 3.14. The molecule has 1 heterocycles. The molecule has 0 radical (unpaired) electrons. The number of phenolic OH excluding ortho intramolecular Hbond substituents is 1. The van der Waals surface area contributed by atoms with E-state index in [9.17, 15) is 5.11 Å². The standard InChI is InChI=1S/C15H12IN3O2S/c1-21-12-7-9(6-10(16)14(12)20)8-17-19-15-18-11-4-2-3-5-13(11)22-15/h2-8,20H,1H3,(H,18,19). The van der Waals surface area contributed by atoms with Crippen LogP contribution in [0, 0.1) is 3.57 Å². The summed E-state index contributed by atoms with van der Waals surface area (Å²) in [4.78, 5) is 4.44. The summed E-state index contributed by atoms with van der Waals surface area (Å²) in [5, 5.41) is 14.7. The van der Waals surface area contributed by atoms with Gasteiger partial charge < -0.3 is 9.84 Å². The van der Waals surface area contributed by atoms with Crippen LogP contribution in [0.1, 0.15) is 5.56 Å². The van der Waals surface area contributed by atoms with Crippen LogP contribution in [0.4, 0.5) is 5.13 Å². The highest BCUT2D eigenvalue weighted by atomic mass is 127. The maximum Gasteiger partial charge on any atom is 0.204 e. The largest absolute Gasteiger partial charge is 0.504 e. The number of fused-ring (bicyclic) bond motifs is 1. The number of thiazole rings is 1. The van der Waals surface area contributed by atoms with Crippen molar-refractivity contribution in [2.24, 2.45) is 5.10 Å². The number of phenols is 1. The van der Waals surface area contributed by atoms with Crippen LogP contribution < -0.4 is 10.2 Å². The molecule has 3 aromatic rings. The monoisotopic (exact) mass is 425 g/mol. The predicted molar refractivity (Wildman–Crippen MR) is 98.2 cm³/mol. The zero-order valence-electron chi connectivity index (χ0n) is 11.6. The van der Waals surface area contributed by atoms with Crippen molar-refractivity contribution in [2.75, 3.05) is 12.5 Å². The summed E-state index contributed by atoms with van der Waals surface area (Å²) in [6.45, 7) is 0. The number of hydrogen-bond acceptors (Lipinski definition) is 6. The molecule has 0 fully saturated rings. The van der Waals surface area contributed by atoms with Crippen molar-refractivity contribution in [2.45, 2.75) is 0 Å². The molecule has 2 N–H and O–H groups in total. The van der Waals surface area contributed by atoms with Crippen LogP contribution in [-0.2, 0) is 0 Å². The van der Waals surface area contributed by atoms with E-state index in [0.29, 0.717) is 9.32 Å². The van der Waals surface area contributed by atoms with Gasteiger partial charge in [0, 0.05) is 0 Å². The van der Waals surface area contributed by atoms with E-state index < -0.39 is 0 Å². The predicted octanol–water partition coefficient (Wildman–Crippen LogP) is 4.06. The molecule has 0 aliphatic rings. The van der Waals surface area contributed by atoms with Crippen LogP contribution in [-0.4, -0.2) is 23.4 Å². The van der Waals surface area contributed by atoms with Crippen molar-refractivity contribution in [3.8, 4) is 11.5 Å². The van der Waals surface area contributed by atoms with E-state index >= 15 is 0 Å². The lowest BCUT2D eigenvalue weighted by atomic mass is 10.2. The number of halogens is 1. The fraction of sp³-hybridized carbons (Fsp3) is 0.0667. The Bertz CT molecular complexity index is 815. The minimum absolute atomic E-state index is 0.138. The third-order valence-electron chi connectivity index (χ3n) is 2.94. The van der Waals surface area contributed by atoms with Gasteiger partial charge in [-0.3, -0.25) is 5.43 Å². The number of nitrogens with zero attached hydrogens (tertiary/aromatic N) is 2. The highest BCUT2D eigenvalue weighted by Gasteiger charge is 2.07. The van der Waals surface area contributed by atoms with Gasteiger partial charge in [0.15, 0.2) is 11.5 Å². The molecule has 7 heteroatoms. The molecular formula is C15H12IN3O2S. The third-order valence-corrected chi connectivity index (χ3v) is 4.70. The molecule has 0 saturated carbocycles. The Hall–Kier alpha value is -1.87. The fourth-order valence-electron chi connectivity index (χ4n) is 1.91. The molecule has 22 heavy (non-hydrogen) atoms. The average molecular weight is 425 g/mol. The number of ether oxygens (including phenoxy) is 1. The molecule has 0 atom stereocenters. The number of nitrogens with one attached hydrogen (secondary N) is 1. The minimum atomic E-state index is 0.138. The topological polar surface area (TPSA) is 66.7 Å². The number of hydrogen-bond donors (Lipinski definition) is 2. The summed E-state index contributed by atoms with van der Waals surface area (Å²) >= 11 is 3.59. The molecule has 0 aliphatic heterocycles.